The van der Waals surface area contributed by atoms with Crippen LogP contribution in [0.15, 0.2) is 30.0 Å². The molecule has 23 heavy (non-hydrogen) atoms. The van der Waals surface area contributed by atoms with Crippen LogP contribution in [0.4, 0.5) is 11.4 Å². The SMILES string of the molecule is CCOC(=O)/C(C#N)=C\Nc1ccc(NC(C)=O)c(OCC)c1. The molecule has 0 aliphatic rings. The van der Waals surface area contributed by atoms with Gasteiger partial charge in [-0.15, -0.1) is 0 Å². The summed E-state index contributed by atoms with van der Waals surface area (Å²) in [5.74, 6) is -0.418. The molecule has 0 atom stereocenters. The second-order valence-electron chi connectivity index (χ2n) is 4.36. The van der Waals surface area contributed by atoms with Gasteiger partial charge in [-0.2, -0.15) is 5.26 Å². The van der Waals surface area contributed by atoms with Gasteiger partial charge in [-0.05, 0) is 26.0 Å². The van der Waals surface area contributed by atoms with Crippen LogP contribution in [0.1, 0.15) is 20.8 Å². The maximum absolute atomic E-state index is 11.5. The number of amides is 1. The first-order valence-electron chi connectivity index (χ1n) is 7.10. The van der Waals surface area contributed by atoms with Crippen molar-refractivity contribution in [3.05, 3.63) is 30.0 Å². The maximum Gasteiger partial charge on any atom is 0.350 e. The van der Waals surface area contributed by atoms with Gasteiger partial charge in [-0.3, -0.25) is 4.79 Å². The van der Waals surface area contributed by atoms with E-state index in [-0.39, 0.29) is 18.1 Å². The molecule has 7 nitrogen and oxygen atoms in total. The van der Waals surface area contributed by atoms with Gasteiger partial charge in [0.1, 0.15) is 11.8 Å². The average Bonchev–Trinajstić information content (AvgIpc) is 2.50. The maximum atomic E-state index is 11.5. The molecule has 0 fully saturated rings. The number of rotatable bonds is 7. The van der Waals surface area contributed by atoms with Gasteiger partial charge in [0.15, 0.2) is 5.57 Å². The summed E-state index contributed by atoms with van der Waals surface area (Å²) in [6.07, 6.45) is 1.27. The van der Waals surface area contributed by atoms with Gasteiger partial charge >= 0.3 is 5.97 Å². The van der Waals surface area contributed by atoms with Crippen molar-refractivity contribution in [2.75, 3.05) is 23.8 Å². The number of ether oxygens (including phenoxy) is 2. The molecule has 0 aliphatic carbocycles. The summed E-state index contributed by atoms with van der Waals surface area (Å²) in [4.78, 5) is 22.7. The van der Waals surface area contributed by atoms with E-state index in [0.29, 0.717) is 23.7 Å². The molecule has 7 heteroatoms. The summed E-state index contributed by atoms with van der Waals surface area (Å²) in [6, 6.07) is 6.78. The first-order chi connectivity index (χ1) is 11.0. The van der Waals surface area contributed by atoms with Crippen LogP contribution in [0, 0.1) is 11.3 Å². The van der Waals surface area contributed by atoms with Gasteiger partial charge < -0.3 is 20.1 Å². The third-order valence-corrected chi connectivity index (χ3v) is 2.59. The molecule has 0 unspecified atom stereocenters. The summed E-state index contributed by atoms with van der Waals surface area (Å²) < 4.78 is 10.2. The number of carbonyl (C=O) groups excluding carboxylic acids is 2. The number of hydrogen-bond donors (Lipinski definition) is 2. The molecule has 0 bridgehead atoms. The lowest BCUT2D eigenvalue weighted by Gasteiger charge is -2.12. The van der Waals surface area contributed by atoms with E-state index in [1.165, 1.54) is 13.1 Å². The molecule has 1 aromatic carbocycles. The fourth-order valence-corrected chi connectivity index (χ4v) is 1.68. The fraction of sp³-hybridized carbons (Fsp3) is 0.312. The van der Waals surface area contributed by atoms with E-state index < -0.39 is 5.97 Å². The standard InChI is InChI=1S/C16H19N3O4/c1-4-22-15-8-13(6-7-14(15)19-11(3)20)18-10-12(9-17)16(21)23-5-2/h6-8,10,18H,4-5H2,1-3H3,(H,19,20)/b12-10-. The van der Waals surface area contributed by atoms with E-state index in [4.69, 9.17) is 14.7 Å². The number of carbonyl (C=O) groups is 2. The van der Waals surface area contributed by atoms with Crippen LogP contribution in [0.3, 0.4) is 0 Å². The topological polar surface area (TPSA) is 100 Å². The molecule has 0 heterocycles. The van der Waals surface area contributed by atoms with Crippen molar-refractivity contribution in [1.29, 1.82) is 5.26 Å². The van der Waals surface area contributed by atoms with Gasteiger partial charge in [-0.1, -0.05) is 0 Å². The van der Waals surface area contributed by atoms with E-state index in [0.717, 1.165) is 0 Å². The smallest absolute Gasteiger partial charge is 0.350 e. The molecule has 0 spiro atoms. The predicted octanol–water partition coefficient (Wildman–Crippen LogP) is 2.43. The van der Waals surface area contributed by atoms with Crippen molar-refractivity contribution in [2.45, 2.75) is 20.8 Å². The summed E-state index contributed by atoms with van der Waals surface area (Å²) >= 11 is 0. The molecule has 0 aromatic heterocycles. The van der Waals surface area contributed by atoms with Gasteiger partial charge in [0.2, 0.25) is 5.91 Å². The Morgan fingerprint density at radius 1 is 1.30 bits per heavy atom. The van der Waals surface area contributed by atoms with Crippen molar-refractivity contribution in [2.24, 2.45) is 0 Å². The molecule has 122 valence electrons. The van der Waals surface area contributed by atoms with Crippen LogP contribution in [0.2, 0.25) is 0 Å². The number of nitrogens with zero attached hydrogens (tertiary/aromatic N) is 1. The van der Waals surface area contributed by atoms with E-state index in [1.807, 2.05) is 6.92 Å². The van der Waals surface area contributed by atoms with Crippen LogP contribution in [-0.4, -0.2) is 25.1 Å². The lowest BCUT2D eigenvalue weighted by molar-refractivity contribution is -0.138. The first kappa shape index (κ1) is 18.0. The average molecular weight is 317 g/mol. The zero-order valence-corrected chi connectivity index (χ0v) is 13.3. The predicted molar refractivity (Wildman–Crippen MR) is 85.9 cm³/mol. The number of nitriles is 1. The zero-order valence-electron chi connectivity index (χ0n) is 13.3. The summed E-state index contributed by atoms with van der Waals surface area (Å²) in [6.45, 7) is 5.51. The van der Waals surface area contributed by atoms with Crippen molar-refractivity contribution in [1.82, 2.24) is 0 Å². The highest BCUT2D eigenvalue weighted by molar-refractivity contribution is 5.93. The van der Waals surface area contributed by atoms with E-state index in [9.17, 15) is 9.59 Å². The summed E-state index contributed by atoms with van der Waals surface area (Å²) in [5, 5.41) is 14.5. The monoisotopic (exact) mass is 317 g/mol. The van der Waals surface area contributed by atoms with Crippen LogP contribution >= 0.6 is 0 Å². The molecule has 0 saturated heterocycles. The molecular formula is C16H19N3O4. The number of hydrogen-bond acceptors (Lipinski definition) is 6. The highest BCUT2D eigenvalue weighted by atomic mass is 16.5. The fourth-order valence-electron chi connectivity index (χ4n) is 1.68. The highest BCUT2D eigenvalue weighted by Gasteiger charge is 2.10. The molecule has 1 aromatic rings. The minimum atomic E-state index is -0.692. The molecule has 2 N–H and O–H groups in total. The zero-order chi connectivity index (χ0) is 17.2. The van der Waals surface area contributed by atoms with Gasteiger partial charge in [-0.25, -0.2) is 4.79 Å². The van der Waals surface area contributed by atoms with E-state index in [2.05, 4.69) is 10.6 Å². The minimum absolute atomic E-state index is 0.143. The Labute approximate surface area is 134 Å². The Kier molecular flexibility index (Phi) is 7.14. The van der Waals surface area contributed by atoms with Crippen molar-refractivity contribution >= 4 is 23.3 Å². The first-order valence-corrected chi connectivity index (χ1v) is 7.10. The number of nitrogens with one attached hydrogen (secondary N) is 2. The quantitative estimate of drug-likeness (QED) is 0.455. The Hall–Kier alpha value is -3.01. The Morgan fingerprint density at radius 2 is 2.04 bits per heavy atom. The number of benzene rings is 1. The Bertz CT molecular complexity index is 647. The third kappa shape index (κ3) is 5.71. The minimum Gasteiger partial charge on any atom is -0.492 e. The van der Waals surface area contributed by atoms with Crippen LogP contribution in [-0.2, 0) is 14.3 Å². The molecule has 0 saturated carbocycles. The third-order valence-electron chi connectivity index (χ3n) is 2.59. The van der Waals surface area contributed by atoms with Gasteiger partial charge in [0.05, 0.1) is 18.9 Å². The summed E-state index contributed by atoms with van der Waals surface area (Å²) in [7, 11) is 0. The normalized spacial score (nSPS) is 10.4. The highest BCUT2D eigenvalue weighted by Crippen LogP contribution is 2.28. The van der Waals surface area contributed by atoms with E-state index in [1.54, 1.807) is 31.2 Å². The lowest BCUT2D eigenvalue weighted by Crippen LogP contribution is -2.09. The second kappa shape index (κ2) is 9.10. The number of anilines is 2. The molecule has 0 aliphatic heterocycles. The van der Waals surface area contributed by atoms with Crippen LogP contribution in [0.5, 0.6) is 5.75 Å². The van der Waals surface area contributed by atoms with Crippen molar-refractivity contribution < 1.29 is 19.1 Å². The van der Waals surface area contributed by atoms with Gasteiger partial charge in [0.25, 0.3) is 0 Å². The van der Waals surface area contributed by atoms with Crippen molar-refractivity contribution in [3.63, 3.8) is 0 Å². The summed E-state index contributed by atoms with van der Waals surface area (Å²) in [5.41, 5.74) is 0.995. The van der Waals surface area contributed by atoms with Crippen LogP contribution in [0.25, 0.3) is 0 Å². The Balaban J connectivity index is 2.96. The lowest BCUT2D eigenvalue weighted by atomic mass is 10.2. The molecule has 1 amide bonds. The Morgan fingerprint density at radius 3 is 2.61 bits per heavy atom. The van der Waals surface area contributed by atoms with Gasteiger partial charge in [0, 0.05) is 24.9 Å². The molecule has 1 rings (SSSR count). The second-order valence-corrected chi connectivity index (χ2v) is 4.36. The molecular weight excluding hydrogens is 298 g/mol. The molecule has 0 radical (unpaired) electrons. The largest absolute Gasteiger partial charge is 0.492 e. The van der Waals surface area contributed by atoms with E-state index >= 15 is 0 Å². The van der Waals surface area contributed by atoms with Crippen molar-refractivity contribution in [3.8, 4) is 11.8 Å². The van der Waals surface area contributed by atoms with Crippen LogP contribution < -0.4 is 15.4 Å². The number of esters is 1.